The molecule has 0 saturated carbocycles. The van der Waals surface area contributed by atoms with Crippen molar-refractivity contribution in [2.45, 2.75) is 12.6 Å². The summed E-state index contributed by atoms with van der Waals surface area (Å²) in [6.07, 6.45) is -3.81. The van der Waals surface area contributed by atoms with Crippen LogP contribution in [0.5, 0.6) is 11.5 Å². The third-order valence-corrected chi connectivity index (χ3v) is 6.89. The smallest absolute Gasteiger partial charge is 0.416 e. The van der Waals surface area contributed by atoms with Crippen molar-refractivity contribution >= 4 is 45.0 Å². The number of aromatic nitrogens is 1. The Morgan fingerprint density at radius 1 is 1.08 bits per heavy atom. The number of carbonyl (C=O) groups excluding carboxylic acids is 1. The van der Waals surface area contributed by atoms with Gasteiger partial charge in [0.1, 0.15) is 21.7 Å². The van der Waals surface area contributed by atoms with Crippen LogP contribution in [-0.2, 0) is 10.9 Å². The third-order valence-electron chi connectivity index (χ3n) is 5.79. The molecule has 0 atom stereocenters. The molecule has 7 nitrogen and oxygen atoms in total. The lowest BCUT2D eigenvalue weighted by atomic mass is 10.1. The molecule has 12 heteroatoms. The fraction of sp³-hybridized carbons (Fsp3) is 0.417. The Kier molecular flexibility index (Phi) is 9.40. The molecule has 3 aromatic rings. The summed E-state index contributed by atoms with van der Waals surface area (Å²) in [5.41, 5.74) is -0.0878. The van der Waals surface area contributed by atoms with E-state index >= 15 is 0 Å². The van der Waals surface area contributed by atoms with Crippen molar-refractivity contribution in [3.05, 3.63) is 47.5 Å². The number of morpholine rings is 1. The topological polar surface area (TPSA) is 64.1 Å². The van der Waals surface area contributed by atoms with Gasteiger partial charge in [0, 0.05) is 31.7 Å². The second-order valence-corrected chi connectivity index (χ2v) is 8.96. The lowest BCUT2D eigenvalue weighted by Crippen LogP contribution is -2.39. The molecular weight excluding hydrogens is 519 g/mol. The van der Waals surface area contributed by atoms with Gasteiger partial charge in [0.05, 0.1) is 33.0 Å². The van der Waals surface area contributed by atoms with Crippen molar-refractivity contribution in [3.8, 4) is 11.5 Å². The maximum atomic E-state index is 13.5. The monoisotopic (exact) mass is 545 g/mol. The number of nitrogens with zero attached hydrogens (tertiary/aromatic N) is 3. The van der Waals surface area contributed by atoms with Gasteiger partial charge in [0.2, 0.25) is 0 Å². The highest BCUT2D eigenvalue weighted by Gasteiger charge is 2.31. The van der Waals surface area contributed by atoms with E-state index in [1.54, 1.807) is 19.2 Å². The van der Waals surface area contributed by atoms with Crippen molar-refractivity contribution < 1.29 is 32.2 Å². The number of anilines is 1. The second kappa shape index (κ2) is 12.1. The van der Waals surface area contributed by atoms with Crippen molar-refractivity contribution in [3.63, 3.8) is 0 Å². The van der Waals surface area contributed by atoms with Gasteiger partial charge in [0.25, 0.3) is 5.91 Å². The molecule has 0 N–H and O–H groups in total. The van der Waals surface area contributed by atoms with Gasteiger partial charge in [-0.25, -0.2) is 4.98 Å². The number of hydrogen-bond acceptors (Lipinski definition) is 7. The Balaban J connectivity index is 0.00000361. The number of ether oxygens (including phenoxy) is 3. The molecule has 1 aliphatic rings. The molecule has 1 aromatic heterocycles. The van der Waals surface area contributed by atoms with Gasteiger partial charge in [-0.3, -0.25) is 14.6 Å². The summed E-state index contributed by atoms with van der Waals surface area (Å²) in [6, 6.07) is 7.75. The largest absolute Gasteiger partial charge is 0.495 e. The van der Waals surface area contributed by atoms with E-state index in [9.17, 15) is 18.0 Å². The highest BCUT2D eigenvalue weighted by molar-refractivity contribution is 7.22. The third kappa shape index (κ3) is 6.20. The number of methoxy groups -OCH3 is 2. The van der Waals surface area contributed by atoms with Crippen molar-refractivity contribution in [1.82, 2.24) is 9.88 Å². The first-order valence-corrected chi connectivity index (χ1v) is 11.9. The number of fused-ring (bicyclic) bond motifs is 1. The first-order chi connectivity index (χ1) is 16.8. The predicted molar refractivity (Wildman–Crippen MR) is 135 cm³/mol. The Labute approximate surface area is 217 Å². The van der Waals surface area contributed by atoms with Crippen LogP contribution in [0.4, 0.5) is 18.3 Å². The number of carbonyl (C=O) groups is 1. The van der Waals surface area contributed by atoms with Crippen LogP contribution in [0, 0.1) is 0 Å². The van der Waals surface area contributed by atoms with E-state index in [4.69, 9.17) is 14.2 Å². The number of alkyl halides is 3. The maximum absolute atomic E-state index is 13.5. The summed E-state index contributed by atoms with van der Waals surface area (Å²) >= 11 is 1.28. The predicted octanol–water partition coefficient (Wildman–Crippen LogP) is 5.12. The number of benzene rings is 2. The Morgan fingerprint density at radius 3 is 2.33 bits per heavy atom. The molecule has 1 aliphatic heterocycles. The van der Waals surface area contributed by atoms with E-state index in [2.05, 4.69) is 9.88 Å². The molecule has 4 rings (SSSR count). The summed E-state index contributed by atoms with van der Waals surface area (Å²) in [4.78, 5) is 21.9. The minimum atomic E-state index is -4.47. The molecule has 0 unspecified atom stereocenters. The molecule has 1 saturated heterocycles. The fourth-order valence-corrected chi connectivity index (χ4v) is 5.01. The van der Waals surface area contributed by atoms with Gasteiger partial charge in [-0.2, -0.15) is 13.2 Å². The van der Waals surface area contributed by atoms with Gasteiger partial charge in [-0.15, -0.1) is 12.4 Å². The molecule has 0 radical (unpaired) electrons. The molecule has 1 amide bonds. The average molecular weight is 546 g/mol. The highest BCUT2D eigenvalue weighted by Crippen LogP contribution is 2.40. The molecule has 0 spiro atoms. The fourth-order valence-electron chi connectivity index (χ4n) is 3.91. The Bertz CT molecular complexity index is 1130. The van der Waals surface area contributed by atoms with E-state index in [0.717, 1.165) is 36.5 Å². The minimum Gasteiger partial charge on any atom is -0.495 e. The van der Waals surface area contributed by atoms with Gasteiger partial charge < -0.3 is 14.2 Å². The summed E-state index contributed by atoms with van der Waals surface area (Å²) < 4.78 is 56.0. The summed E-state index contributed by atoms with van der Waals surface area (Å²) in [5, 5.41) is 0.426. The van der Waals surface area contributed by atoms with E-state index in [0.29, 0.717) is 48.3 Å². The van der Waals surface area contributed by atoms with Crippen LogP contribution < -0.4 is 14.4 Å². The van der Waals surface area contributed by atoms with Crippen LogP contribution in [0.3, 0.4) is 0 Å². The van der Waals surface area contributed by atoms with Crippen LogP contribution in [-0.4, -0.2) is 69.4 Å². The van der Waals surface area contributed by atoms with E-state index in [1.165, 1.54) is 35.5 Å². The molecule has 1 fully saturated rings. The zero-order valence-corrected chi connectivity index (χ0v) is 21.5. The van der Waals surface area contributed by atoms with E-state index in [-0.39, 0.29) is 18.0 Å². The standard InChI is InChI=1S/C24H26F3N3O4S.ClH/c1-32-18-8-9-19(33-2)21-20(18)28-23(35-21)30(11-3-10-29-12-14-34-15-13-29)22(31)16-4-6-17(7-5-16)24(25,26)27;/h4-9H,3,10-15H2,1-2H3;1H. The minimum absolute atomic E-state index is 0. The average Bonchev–Trinajstić information content (AvgIpc) is 3.31. The highest BCUT2D eigenvalue weighted by atomic mass is 35.5. The first kappa shape index (κ1) is 28.0. The number of rotatable bonds is 8. The molecule has 0 aliphatic carbocycles. The van der Waals surface area contributed by atoms with E-state index in [1.807, 2.05) is 0 Å². The van der Waals surface area contributed by atoms with Gasteiger partial charge in [0.15, 0.2) is 5.13 Å². The summed E-state index contributed by atoms with van der Waals surface area (Å²) in [6.45, 7) is 4.10. The summed E-state index contributed by atoms with van der Waals surface area (Å²) in [7, 11) is 3.09. The SMILES string of the molecule is COc1ccc(OC)c2sc(N(CCCN3CCOCC3)C(=O)c3ccc(C(F)(F)F)cc3)nc12.Cl. The second-order valence-electron chi connectivity index (χ2n) is 7.98. The van der Waals surface area contributed by atoms with Gasteiger partial charge in [-0.05, 0) is 42.8 Å². The van der Waals surface area contributed by atoms with Gasteiger partial charge >= 0.3 is 6.18 Å². The van der Waals surface area contributed by atoms with Crippen molar-refractivity contribution in [2.24, 2.45) is 0 Å². The lowest BCUT2D eigenvalue weighted by molar-refractivity contribution is -0.137. The molecule has 2 heterocycles. The molecule has 196 valence electrons. The number of halogens is 4. The molecule has 2 aromatic carbocycles. The van der Waals surface area contributed by atoms with Crippen LogP contribution in [0.25, 0.3) is 10.2 Å². The lowest BCUT2D eigenvalue weighted by Gasteiger charge is -2.27. The van der Waals surface area contributed by atoms with Crippen molar-refractivity contribution in [1.29, 1.82) is 0 Å². The summed E-state index contributed by atoms with van der Waals surface area (Å²) in [5.74, 6) is 0.719. The zero-order chi connectivity index (χ0) is 25.0. The number of amides is 1. The van der Waals surface area contributed by atoms with Gasteiger partial charge in [-0.1, -0.05) is 11.3 Å². The molecule has 36 heavy (non-hydrogen) atoms. The Hall–Kier alpha value is -2.60. The van der Waals surface area contributed by atoms with Crippen molar-refractivity contribution in [2.75, 3.05) is 58.5 Å². The zero-order valence-electron chi connectivity index (χ0n) is 19.8. The molecule has 0 bridgehead atoms. The quantitative estimate of drug-likeness (QED) is 0.391. The van der Waals surface area contributed by atoms with Crippen LogP contribution in [0.2, 0.25) is 0 Å². The Morgan fingerprint density at radius 2 is 1.72 bits per heavy atom. The first-order valence-electron chi connectivity index (χ1n) is 11.1. The van der Waals surface area contributed by atoms with Crippen LogP contribution in [0.15, 0.2) is 36.4 Å². The number of thiazole rings is 1. The normalized spacial score (nSPS) is 14.4. The van der Waals surface area contributed by atoms with Crippen LogP contribution >= 0.6 is 23.7 Å². The van der Waals surface area contributed by atoms with Crippen LogP contribution in [0.1, 0.15) is 22.3 Å². The molecular formula is C24H27ClF3N3O4S. The maximum Gasteiger partial charge on any atom is 0.416 e. The van der Waals surface area contributed by atoms with E-state index < -0.39 is 17.6 Å². The number of hydrogen-bond donors (Lipinski definition) is 0.